The number of rotatable bonds is 7. The van der Waals surface area contributed by atoms with Gasteiger partial charge in [-0.1, -0.05) is 6.58 Å². The van der Waals surface area contributed by atoms with E-state index in [-0.39, 0.29) is 6.54 Å². The van der Waals surface area contributed by atoms with E-state index in [4.69, 9.17) is 0 Å². The zero-order valence-electron chi connectivity index (χ0n) is 9.61. The van der Waals surface area contributed by atoms with Crippen LogP contribution in [0.15, 0.2) is 12.2 Å². The summed E-state index contributed by atoms with van der Waals surface area (Å²) in [6.45, 7) is 5.12. The molecule has 1 N–H and O–H groups in total. The third kappa shape index (κ3) is 6.85. The average molecular weight is 236 g/mol. The van der Waals surface area contributed by atoms with Gasteiger partial charge >= 0.3 is 6.18 Å². The van der Waals surface area contributed by atoms with Crippen LogP contribution in [0.5, 0.6) is 0 Å². The smallest absolute Gasteiger partial charge is 0.310 e. The minimum atomic E-state index is -4.07. The van der Waals surface area contributed by atoms with E-state index in [1.54, 1.807) is 11.9 Å². The molecule has 0 spiro atoms. The number of hydrogen-bond donors (Lipinski definition) is 1. The van der Waals surface area contributed by atoms with Crippen LogP contribution in [0.2, 0.25) is 0 Å². The van der Waals surface area contributed by atoms with E-state index in [0.29, 0.717) is 19.1 Å². The summed E-state index contributed by atoms with van der Waals surface area (Å²) in [6.07, 6.45) is -2.41. The molecule has 0 amide bonds. The van der Waals surface area contributed by atoms with Crippen molar-refractivity contribution in [2.24, 2.45) is 0 Å². The molecule has 0 radical (unpaired) electrons. The molecule has 0 aromatic heterocycles. The van der Waals surface area contributed by atoms with Crippen molar-refractivity contribution >= 4 is 0 Å². The maximum atomic E-state index is 12.0. The van der Waals surface area contributed by atoms with Gasteiger partial charge in [0.1, 0.15) is 0 Å². The molecule has 0 aliphatic heterocycles. The minimum absolute atomic E-state index is 0.0337. The van der Waals surface area contributed by atoms with Crippen molar-refractivity contribution in [3.8, 4) is 0 Å². The zero-order valence-corrected chi connectivity index (χ0v) is 9.61. The number of nitrogens with one attached hydrogen (secondary N) is 1. The Labute approximate surface area is 94.5 Å². The maximum absolute atomic E-state index is 12.0. The first kappa shape index (κ1) is 13.5. The van der Waals surface area contributed by atoms with Gasteiger partial charge in [-0.15, -0.1) is 0 Å². The number of alkyl halides is 3. The second kappa shape index (κ2) is 5.68. The van der Waals surface area contributed by atoms with Gasteiger partial charge in [0, 0.05) is 25.7 Å². The fourth-order valence-corrected chi connectivity index (χ4v) is 1.41. The highest BCUT2D eigenvalue weighted by Crippen LogP contribution is 2.20. The Morgan fingerprint density at radius 1 is 1.44 bits per heavy atom. The van der Waals surface area contributed by atoms with Crippen LogP contribution < -0.4 is 5.32 Å². The SMILES string of the molecule is C=C(CNC1CC1)CN(C)CCC(F)(F)F. The number of halogens is 3. The predicted octanol–water partition coefficient (Wildman–Crippen LogP) is 2.18. The zero-order chi connectivity index (χ0) is 12.2. The van der Waals surface area contributed by atoms with Crippen LogP contribution in [0, 0.1) is 0 Å². The molecule has 1 saturated carbocycles. The highest BCUT2D eigenvalue weighted by atomic mass is 19.4. The fraction of sp³-hybridized carbons (Fsp3) is 0.818. The van der Waals surface area contributed by atoms with Crippen molar-refractivity contribution in [2.45, 2.75) is 31.5 Å². The molecule has 2 nitrogen and oxygen atoms in total. The molecule has 1 fully saturated rings. The topological polar surface area (TPSA) is 15.3 Å². The first-order chi connectivity index (χ1) is 7.37. The summed E-state index contributed by atoms with van der Waals surface area (Å²) in [5.41, 5.74) is 0.941. The van der Waals surface area contributed by atoms with E-state index in [1.807, 2.05) is 0 Å². The van der Waals surface area contributed by atoms with E-state index in [2.05, 4.69) is 11.9 Å². The largest absolute Gasteiger partial charge is 0.390 e. The Hall–Kier alpha value is -0.550. The maximum Gasteiger partial charge on any atom is 0.390 e. The molecule has 0 heterocycles. The van der Waals surface area contributed by atoms with Crippen molar-refractivity contribution in [3.05, 3.63) is 12.2 Å². The number of nitrogens with zero attached hydrogens (tertiary/aromatic N) is 1. The Morgan fingerprint density at radius 3 is 2.56 bits per heavy atom. The number of likely N-dealkylation sites (N-methyl/N-ethyl adjacent to an activating group) is 1. The molecular weight excluding hydrogens is 217 g/mol. The van der Waals surface area contributed by atoms with Gasteiger partial charge in [-0.3, -0.25) is 0 Å². The Balaban J connectivity index is 2.07. The summed E-state index contributed by atoms with van der Waals surface area (Å²) >= 11 is 0. The van der Waals surface area contributed by atoms with Crippen LogP contribution in [0.25, 0.3) is 0 Å². The van der Waals surface area contributed by atoms with Crippen LogP contribution in [-0.2, 0) is 0 Å². The third-order valence-electron chi connectivity index (χ3n) is 2.49. The second-order valence-corrected chi connectivity index (χ2v) is 4.51. The third-order valence-corrected chi connectivity index (χ3v) is 2.49. The van der Waals surface area contributed by atoms with Crippen LogP contribution in [0.4, 0.5) is 13.2 Å². The lowest BCUT2D eigenvalue weighted by molar-refractivity contribution is -0.137. The van der Waals surface area contributed by atoms with Crippen molar-refractivity contribution in [3.63, 3.8) is 0 Å². The molecule has 0 aromatic rings. The van der Waals surface area contributed by atoms with Gasteiger partial charge in [-0.2, -0.15) is 13.2 Å². The van der Waals surface area contributed by atoms with Crippen molar-refractivity contribution in [2.75, 3.05) is 26.7 Å². The summed E-state index contributed by atoms with van der Waals surface area (Å²) < 4.78 is 35.9. The van der Waals surface area contributed by atoms with Crippen LogP contribution in [0.1, 0.15) is 19.3 Å². The molecule has 94 valence electrons. The Kier molecular flexibility index (Phi) is 4.80. The molecular formula is C11H19F3N2. The van der Waals surface area contributed by atoms with E-state index < -0.39 is 12.6 Å². The molecule has 0 saturated heterocycles. The van der Waals surface area contributed by atoms with Crippen molar-refractivity contribution in [1.29, 1.82) is 0 Å². The van der Waals surface area contributed by atoms with E-state index in [9.17, 15) is 13.2 Å². The van der Waals surface area contributed by atoms with Gasteiger partial charge in [0.25, 0.3) is 0 Å². The monoisotopic (exact) mass is 236 g/mol. The van der Waals surface area contributed by atoms with Crippen LogP contribution >= 0.6 is 0 Å². The van der Waals surface area contributed by atoms with Gasteiger partial charge in [0.15, 0.2) is 0 Å². The highest BCUT2D eigenvalue weighted by Gasteiger charge is 2.27. The van der Waals surface area contributed by atoms with Gasteiger partial charge in [0.05, 0.1) is 6.42 Å². The molecule has 5 heteroatoms. The highest BCUT2D eigenvalue weighted by molar-refractivity contribution is 5.01. The molecule has 1 aliphatic rings. The molecule has 0 bridgehead atoms. The Bertz CT molecular complexity index is 234. The van der Waals surface area contributed by atoms with Gasteiger partial charge < -0.3 is 10.2 Å². The minimum Gasteiger partial charge on any atom is -0.310 e. The molecule has 0 unspecified atom stereocenters. The summed E-state index contributed by atoms with van der Waals surface area (Å²) in [7, 11) is 1.69. The fourth-order valence-electron chi connectivity index (χ4n) is 1.41. The quantitative estimate of drug-likeness (QED) is 0.682. The van der Waals surface area contributed by atoms with Crippen LogP contribution in [-0.4, -0.2) is 43.8 Å². The average Bonchev–Trinajstić information content (AvgIpc) is 2.94. The lowest BCUT2D eigenvalue weighted by Gasteiger charge is -2.19. The summed E-state index contributed by atoms with van der Waals surface area (Å²) in [4.78, 5) is 1.66. The van der Waals surface area contributed by atoms with E-state index in [0.717, 1.165) is 5.57 Å². The first-order valence-electron chi connectivity index (χ1n) is 5.52. The lowest BCUT2D eigenvalue weighted by Crippen LogP contribution is -2.29. The standard InChI is InChI=1S/C11H19F3N2/c1-9(7-15-10-3-4-10)8-16(2)6-5-11(12,13)14/h10,15H,1,3-8H2,2H3. The summed E-state index contributed by atoms with van der Waals surface area (Å²) in [6, 6.07) is 0.609. The van der Waals surface area contributed by atoms with Gasteiger partial charge in [0.2, 0.25) is 0 Å². The van der Waals surface area contributed by atoms with E-state index in [1.165, 1.54) is 12.8 Å². The lowest BCUT2D eigenvalue weighted by atomic mass is 10.2. The summed E-state index contributed by atoms with van der Waals surface area (Å²) in [5, 5.41) is 3.29. The normalized spacial score (nSPS) is 16.8. The molecule has 16 heavy (non-hydrogen) atoms. The Morgan fingerprint density at radius 2 is 2.06 bits per heavy atom. The van der Waals surface area contributed by atoms with Crippen molar-refractivity contribution in [1.82, 2.24) is 10.2 Å². The molecule has 0 aromatic carbocycles. The summed E-state index contributed by atoms with van der Waals surface area (Å²) in [5.74, 6) is 0. The van der Waals surface area contributed by atoms with Crippen LogP contribution in [0.3, 0.4) is 0 Å². The van der Waals surface area contributed by atoms with E-state index >= 15 is 0 Å². The van der Waals surface area contributed by atoms with Gasteiger partial charge in [-0.05, 0) is 25.5 Å². The first-order valence-corrected chi connectivity index (χ1v) is 5.52. The number of hydrogen-bond acceptors (Lipinski definition) is 2. The second-order valence-electron chi connectivity index (χ2n) is 4.51. The molecule has 1 rings (SSSR count). The predicted molar refractivity (Wildman–Crippen MR) is 58.3 cm³/mol. The molecule has 0 atom stereocenters. The van der Waals surface area contributed by atoms with Gasteiger partial charge in [-0.25, -0.2) is 0 Å². The van der Waals surface area contributed by atoms with Crippen molar-refractivity contribution < 1.29 is 13.2 Å². The molecule has 1 aliphatic carbocycles.